The summed E-state index contributed by atoms with van der Waals surface area (Å²) in [5.41, 5.74) is 0.679. The number of rotatable bonds is 18. The molecule has 0 spiro atoms. The summed E-state index contributed by atoms with van der Waals surface area (Å²) in [5, 5.41) is 31.7. The van der Waals surface area contributed by atoms with Crippen LogP contribution in [0.3, 0.4) is 0 Å². The van der Waals surface area contributed by atoms with Crippen molar-refractivity contribution in [1.82, 2.24) is 31.2 Å². The number of fused-ring (bicyclic) bond motifs is 1. The number of H-pyrrole nitrogens is 1. The zero-order valence-electron chi connectivity index (χ0n) is 28.4. The predicted octanol–water partition coefficient (Wildman–Crippen LogP) is 0.350. The van der Waals surface area contributed by atoms with Crippen molar-refractivity contribution in [2.75, 3.05) is 5.32 Å². The van der Waals surface area contributed by atoms with Gasteiger partial charge >= 0.3 is 17.6 Å². The Kier molecular flexibility index (Phi) is 14.0. The average molecular weight is 712 g/mol. The molecule has 3 rings (SSSR count). The number of amides is 5. The summed E-state index contributed by atoms with van der Waals surface area (Å²) in [6.45, 7) is 6.55. The number of benzene rings is 1. The van der Waals surface area contributed by atoms with E-state index in [1.165, 1.54) is 37.6 Å². The molecule has 18 heteroatoms. The van der Waals surface area contributed by atoms with Gasteiger partial charge in [-0.2, -0.15) is 0 Å². The fraction of sp³-hybridized carbons (Fsp3) is 0.424. The summed E-state index contributed by atoms with van der Waals surface area (Å²) in [6.07, 6.45) is 0.877. The Morgan fingerprint density at radius 1 is 0.843 bits per heavy atom. The van der Waals surface area contributed by atoms with E-state index in [0.29, 0.717) is 16.6 Å². The minimum absolute atomic E-state index is 0.0385. The molecular formula is C33H41N7O11. The van der Waals surface area contributed by atoms with E-state index >= 15 is 0 Å². The Hall–Kier alpha value is -6.07. The summed E-state index contributed by atoms with van der Waals surface area (Å²) in [4.78, 5) is 107. The third-order valence-electron chi connectivity index (χ3n) is 7.52. The third-order valence-corrected chi connectivity index (χ3v) is 7.52. The number of imidazole rings is 1. The van der Waals surface area contributed by atoms with Gasteiger partial charge in [-0.3, -0.25) is 33.6 Å². The molecule has 3 aromatic rings. The molecule has 0 saturated heterocycles. The fourth-order valence-electron chi connectivity index (χ4n) is 5.14. The number of nitrogens with one attached hydrogen (secondary N) is 6. The highest BCUT2D eigenvalue weighted by molar-refractivity contribution is 6.01. The SMILES string of the molecule is CC(=O)N[C@@H](CC(C)C)C(=O)N[C@@H](CCC(=O)O)C(=O)N[C@@H](Cc1cnc[nH]1)C(=O)N[C@@H](CC(=O)O)C(=O)Nc1ccc2c(C)cc(=O)oc2c1. The second-order valence-corrected chi connectivity index (χ2v) is 12.3. The van der Waals surface area contributed by atoms with Crippen molar-refractivity contribution in [3.63, 3.8) is 0 Å². The molecule has 5 amide bonds. The maximum Gasteiger partial charge on any atom is 0.336 e. The van der Waals surface area contributed by atoms with Gasteiger partial charge in [0.15, 0.2) is 0 Å². The molecule has 0 fully saturated rings. The van der Waals surface area contributed by atoms with Gasteiger partial charge in [0.25, 0.3) is 0 Å². The van der Waals surface area contributed by atoms with Crippen LogP contribution < -0.4 is 32.2 Å². The van der Waals surface area contributed by atoms with Crippen LogP contribution in [0.1, 0.15) is 57.7 Å². The van der Waals surface area contributed by atoms with Crippen LogP contribution in [0.4, 0.5) is 5.69 Å². The van der Waals surface area contributed by atoms with Crippen LogP contribution in [0.15, 0.2) is 46.0 Å². The Balaban J connectivity index is 1.85. The first kappa shape index (κ1) is 39.4. The van der Waals surface area contributed by atoms with E-state index in [1.807, 2.05) is 13.8 Å². The van der Waals surface area contributed by atoms with E-state index < -0.39 is 84.1 Å². The van der Waals surface area contributed by atoms with E-state index in [2.05, 4.69) is 36.6 Å². The summed E-state index contributed by atoms with van der Waals surface area (Å²) in [5.74, 6) is -6.87. The number of hydrogen-bond donors (Lipinski definition) is 8. The van der Waals surface area contributed by atoms with Crippen LogP contribution in [-0.2, 0) is 40.0 Å². The monoisotopic (exact) mass is 711 g/mol. The number of carboxylic acids is 2. The molecule has 0 saturated carbocycles. The van der Waals surface area contributed by atoms with Crippen molar-refractivity contribution in [2.24, 2.45) is 5.92 Å². The summed E-state index contributed by atoms with van der Waals surface area (Å²) >= 11 is 0. The highest BCUT2D eigenvalue weighted by Gasteiger charge is 2.33. The molecule has 2 heterocycles. The lowest BCUT2D eigenvalue weighted by Gasteiger charge is -2.26. The number of aryl methyl sites for hydroxylation is 1. The van der Waals surface area contributed by atoms with Gasteiger partial charge in [-0.15, -0.1) is 0 Å². The number of aromatic nitrogens is 2. The quantitative estimate of drug-likeness (QED) is 0.0830. The van der Waals surface area contributed by atoms with E-state index in [1.54, 1.807) is 13.0 Å². The van der Waals surface area contributed by atoms with Gasteiger partial charge in [-0.1, -0.05) is 13.8 Å². The highest BCUT2D eigenvalue weighted by atomic mass is 16.4. The molecule has 0 aliphatic heterocycles. The number of nitrogens with zero attached hydrogens (tertiary/aromatic N) is 1. The van der Waals surface area contributed by atoms with E-state index in [0.717, 1.165) is 0 Å². The minimum Gasteiger partial charge on any atom is -0.481 e. The van der Waals surface area contributed by atoms with Gasteiger partial charge < -0.3 is 46.2 Å². The van der Waals surface area contributed by atoms with Crippen molar-refractivity contribution in [3.8, 4) is 0 Å². The number of carboxylic acid groups (broad SMARTS) is 2. The minimum atomic E-state index is -1.66. The number of aromatic amines is 1. The fourth-order valence-corrected chi connectivity index (χ4v) is 5.14. The predicted molar refractivity (Wildman–Crippen MR) is 180 cm³/mol. The molecule has 0 aliphatic rings. The van der Waals surface area contributed by atoms with Gasteiger partial charge in [0.1, 0.15) is 29.8 Å². The normalized spacial score (nSPS) is 13.4. The van der Waals surface area contributed by atoms with Crippen molar-refractivity contribution in [3.05, 3.63) is 58.5 Å². The molecule has 8 N–H and O–H groups in total. The number of aliphatic carboxylic acids is 2. The molecule has 4 atom stereocenters. The van der Waals surface area contributed by atoms with Crippen molar-refractivity contribution in [1.29, 1.82) is 0 Å². The smallest absolute Gasteiger partial charge is 0.336 e. The van der Waals surface area contributed by atoms with Crippen LogP contribution in [0, 0.1) is 12.8 Å². The van der Waals surface area contributed by atoms with Crippen molar-refractivity contribution in [2.45, 2.75) is 84.0 Å². The van der Waals surface area contributed by atoms with Gasteiger partial charge in [0, 0.05) is 54.9 Å². The number of hydrogen-bond acceptors (Lipinski definition) is 10. The second-order valence-electron chi connectivity index (χ2n) is 12.3. The van der Waals surface area contributed by atoms with E-state index in [-0.39, 0.29) is 36.5 Å². The first-order chi connectivity index (χ1) is 24.0. The molecule has 51 heavy (non-hydrogen) atoms. The molecule has 1 aromatic carbocycles. The standard InChI is InChI=1S/C33H41N7O11/c1-16(2)9-23(36-18(4)41)32(49)38-22(7-8-27(42)43)30(47)39-24(11-20-14-34-15-35-20)33(50)40-25(13-28(44)45)31(48)37-19-5-6-21-17(3)10-29(46)51-26(21)12-19/h5-6,10,12,14-16,22-25H,7-9,11,13H2,1-4H3,(H,34,35)(H,36,41)(H,37,48)(H,38,49)(H,39,47)(H,40,50)(H,42,43)(H,44,45)/t22-,23-,24-,25-/m0/s1. The summed E-state index contributed by atoms with van der Waals surface area (Å²) < 4.78 is 5.20. The molecule has 0 bridgehead atoms. The highest BCUT2D eigenvalue weighted by Crippen LogP contribution is 2.21. The third kappa shape index (κ3) is 12.4. The average Bonchev–Trinajstić information content (AvgIpc) is 3.54. The molecule has 0 unspecified atom stereocenters. The summed E-state index contributed by atoms with van der Waals surface area (Å²) in [6, 6.07) is 0.107. The van der Waals surface area contributed by atoms with Crippen LogP contribution in [-0.4, -0.2) is 85.8 Å². The first-order valence-electron chi connectivity index (χ1n) is 16.0. The number of carbonyl (C=O) groups excluding carboxylic acids is 5. The zero-order chi connectivity index (χ0) is 37.8. The zero-order valence-corrected chi connectivity index (χ0v) is 28.4. The van der Waals surface area contributed by atoms with Crippen LogP contribution in [0.5, 0.6) is 0 Å². The Morgan fingerprint density at radius 3 is 2.10 bits per heavy atom. The number of anilines is 1. The lowest BCUT2D eigenvalue weighted by molar-refractivity contribution is -0.140. The van der Waals surface area contributed by atoms with Crippen LogP contribution in [0.25, 0.3) is 11.0 Å². The lowest BCUT2D eigenvalue weighted by Crippen LogP contribution is -2.58. The second kappa shape index (κ2) is 18.1. The maximum absolute atomic E-state index is 13.7. The molecule has 0 radical (unpaired) electrons. The molecule has 2 aromatic heterocycles. The topological polar surface area (TPSA) is 279 Å². The Morgan fingerprint density at radius 2 is 1.49 bits per heavy atom. The van der Waals surface area contributed by atoms with E-state index in [9.17, 15) is 48.6 Å². The lowest BCUT2D eigenvalue weighted by atomic mass is 10.0. The van der Waals surface area contributed by atoms with Gasteiger partial charge in [-0.25, -0.2) is 9.78 Å². The van der Waals surface area contributed by atoms with Gasteiger partial charge in [0.2, 0.25) is 29.5 Å². The molecule has 18 nitrogen and oxygen atoms in total. The Labute approximate surface area is 291 Å². The van der Waals surface area contributed by atoms with Gasteiger partial charge in [0.05, 0.1) is 12.7 Å². The largest absolute Gasteiger partial charge is 0.481 e. The van der Waals surface area contributed by atoms with Crippen LogP contribution >= 0.6 is 0 Å². The van der Waals surface area contributed by atoms with Crippen molar-refractivity contribution >= 4 is 58.1 Å². The van der Waals surface area contributed by atoms with Crippen molar-refractivity contribution < 1.29 is 48.2 Å². The number of carbonyl (C=O) groups is 7. The molecule has 0 aliphatic carbocycles. The molecule has 274 valence electrons. The first-order valence-corrected chi connectivity index (χ1v) is 16.0. The van der Waals surface area contributed by atoms with E-state index in [4.69, 9.17) is 4.42 Å². The molecular weight excluding hydrogens is 670 g/mol. The van der Waals surface area contributed by atoms with Gasteiger partial charge in [-0.05, 0) is 43.4 Å². The van der Waals surface area contributed by atoms with Crippen LogP contribution in [0.2, 0.25) is 0 Å². The Bertz CT molecular complexity index is 1820. The summed E-state index contributed by atoms with van der Waals surface area (Å²) in [7, 11) is 0. The maximum atomic E-state index is 13.7.